The molecule has 1 aliphatic rings. The van der Waals surface area contributed by atoms with Crippen molar-refractivity contribution in [3.8, 4) is 0 Å². The highest BCUT2D eigenvalue weighted by molar-refractivity contribution is 6.29. The van der Waals surface area contributed by atoms with Gasteiger partial charge in [-0.1, -0.05) is 31.5 Å². The van der Waals surface area contributed by atoms with Crippen molar-refractivity contribution in [1.29, 1.82) is 0 Å². The second kappa shape index (κ2) is 6.26. The molecule has 0 atom stereocenters. The zero-order valence-electron chi connectivity index (χ0n) is 9.94. The molecule has 1 saturated heterocycles. The minimum absolute atomic E-state index is 0.137. The normalized spacial score (nSPS) is 19.1. The fraction of sp³-hybridized carbons (Fsp3) is 0.750. The van der Waals surface area contributed by atoms with Crippen molar-refractivity contribution in [3.05, 3.63) is 11.6 Å². The third-order valence-electron chi connectivity index (χ3n) is 3.21. The maximum absolute atomic E-state index is 12.2. The van der Waals surface area contributed by atoms with Crippen LogP contribution in [0.3, 0.4) is 0 Å². The number of halogens is 1. The summed E-state index contributed by atoms with van der Waals surface area (Å²) in [6.45, 7) is 7.93. The van der Waals surface area contributed by atoms with E-state index in [0.29, 0.717) is 11.6 Å². The van der Waals surface area contributed by atoms with Crippen molar-refractivity contribution in [2.75, 3.05) is 19.6 Å². The molecular formula is C12H21ClN2O. The van der Waals surface area contributed by atoms with Crippen LogP contribution in [-0.2, 0) is 4.79 Å². The predicted octanol–water partition coefficient (Wildman–Crippen LogP) is 2.02. The SMILES string of the molecule is C=C(Cl)CNC(=O)C1(CCC)CCNCC1. The maximum Gasteiger partial charge on any atom is 0.226 e. The highest BCUT2D eigenvalue weighted by atomic mass is 35.5. The van der Waals surface area contributed by atoms with Crippen LogP contribution in [0.25, 0.3) is 0 Å². The Kier molecular flexibility index (Phi) is 5.29. The Bertz CT molecular complexity index is 254. The maximum atomic E-state index is 12.2. The number of nitrogens with one attached hydrogen (secondary N) is 2. The average molecular weight is 245 g/mol. The molecule has 3 nitrogen and oxygen atoms in total. The molecule has 1 aliphatic heterocycles. The molecule has 0 spiro atoms. The van der Waals surface area contributed by atoms with E-state index in [4.69, 9.17) is 11.6 Å². The molecule has 0 radical (unpaired) electrons. The smallest absolute Gasteiger partial charge is 0.226 e. The van der Waals surface area contributed by atoms with Crippen molar-refractivity contribution in [2.45, 2.75) is 32.6 Å². The number of amides is 1. The first-order valence-electron chi connectivity index (χ1n) is 5.93. The molecular weight excluding hydrogens is 224 g/mol. The third-order valence-corrected chi connectivity index (χ3v) is 3.35. The second-order valence-electron chi connectivity index (χ2n) is 4.48. The van der Waals surface area contributed by atoms with E-state index in [1.807, 2.05) is 0 Å². The monoisotopic (exact) mass is 244 g/mol. The average Bonchev–Trinajstić information content (AvgIpc) is 2.27. The van der Waals surface area contributed by atoms with Gasteiger partial charge in [0, 0.05) is 5.03 Å². The summed E-state index contributed by atoms with van der Waals surface area (Å²) < 4.78 is 0. The van der Waals surface area contributed by atoms with Gasteiger partial charge in [-0.15, -0.1) is 0 Å². The molecule has 1 amide bonds. The Morgan fingerprint density at radius 3 is 2.62 bits per heavy atom. The van der Waals surface area contributed by atoms with Gasteiger partial charge in [-0.2, -0.15) is 0 Å². The lowest BCUT2D eigenvalue weighted by molar-refractivity contribution is -0.132. The number of hydrogen-bond donors (Lipinski definition) is 2. The van der Waals surface area contributed by atoms with E-state index < -0.39 is 0 Å². The molecule has 1 heterocycles. The van der Waals surface area contributed by atoms with Crippen LogP contribution in [0.1, 0.15) is 32.6 Å². The van der Waals surface area contributed by atoms with Gasteiger partial charge in [0.1, 0.15) is 0 Å². The number of hydrogen-bond acceptors (Lipinski definition) is 2. The molecule has 16 heavy (non-hydrogen) atoms. The quantitative estimate of drug-likeness (QED) is 0.777. The fourth-order valence-electron chi connectivity index (χ4n) is 2.34. The van der Waals surface area contributed by atoms with Crippen LogP contribution in [0.2, 0.25) is 0 Å². The zero-order valence-corrected chi connectivity index (χ0v) is 10.7. The first-order chi connectivity index (χ1) is 7.60. The molecule has 0 unspecified atom stereocenters. The van der Waals surface area contributed by atoms with Crippen LogP contribution >= 0.6 is 11.6 Å². The number of rotatable bonds is 5. The highest BCUT2D eigenvalue weighted by Crippen LogP contribution is 2.34. The summed E-state index contributed by atoms with van der Waals surface area (Å²) in [5, 5.41) is 6.65. The Balaban J connectivity index is 2.60. The largest absolute Gasteiger partial charge is 0.351 e. The van der Waals surface area contributed by atoms with Gasteiger partial charge in [0.2, 0.25) is 5.91 Å². The Labute approximate surface area is 103 Å². The molecule has 0 aromatic rings. The van der Waals surface area contributed by atoms with Crippen LogP contribution in [0.4, 0.5) is 0 Å². The summed E-state index contributed by atoms with van der Waals surface area (Å²) >= 11 is 5.66. The molecule has 1 fully saturated rings. The topological polar surface area (TPSA) is 41.1 Å². The Morgan fingerprint density at radius 2 is 2.12 bits per heavy atom. The van der Waals surface area contributed by atoms with Crippen molar-refractivity contribution in [2.24, 2.45) is 5.41 Å². The predicted molar refractivity (Wildman–Crippen MR) is 67.4 cm³/mol. The van der Waals surface area contributed by atoms with Gasteiger partial charge >= 0.3 is 0 Å². The van der Waals surface area contributed by atoms with Gasteiger partial charge in [0.15, 0.2) is 0 Å². The van der Waals surface area contributed by atoms with Gasteiger partial charge in [-0.05, 0) is 32.4 Å². The summed E-state index contributed by atoms with van der Waals surface area (Å²) in [6.07, 6.45) is 3.83. The van der Waals surface area contributed by atoms with E-state index in [9.17, 15) is 4.79 Å². The van der Waals surface area contributed by atoms with Crippen molar-refractivity contribution in [1.82, 2.24) is 10.6 Å². The van der Waals surface area contributed by atoms with Crippen LogP contribution in [0, 0.1) is 5.41 Å². The van der Waals surface area contributed by atoms with E-state index in [0.717, 1.165) is 38.8 Å². The lowest BCUT2D eigenvalue weighted by Gasteiger charge is -2.36. The third kappa shape index (κ3) is 3.49. The second-order valence-corrected chi connectivity index (χ2v) is 5.01. The van der Waals surface area contributed by atoms with Crippen LogP contribution in [-0.4, -0.2) is 25.5 Å². The zero-order chi connectivity index (χ0) is 12.0. The highest BCUT2D eigenvalue weighted by Gasteiger charge is 2.38. The summed E-state index contributed by atoms with van der Waals surface area (Å²) in [7, 11) is 0. The van der Waals surface area contributed by atoms with E-state index >= 15 is 0 Å². The first-order valence-corrected chi connectivity index (χ1v) is 6.31. The van der Waals surface area contributed by atoms with Gasteiger partial charge in [-0.25, -0.2) is 0 Å². The van der Waals surface area contributed by atoms with Gasteiger partial charge in [0.25, 0.3) is 0 Å². The van der Waals surface area contributed by atoms with Crippen LogP contribution in [0.5, 0.6) is 0 Å². The van der Waals surface area contributed by atoms with E-state index in [1.165, 1.54) is 0 Å². The summed E-state index contributed by atoms with van der Waals surface area (Å²) in [5.74, 6) is 0.137. The minimum atomic E-state index is -0.188. The van der Waals surface area contributed by atoms with Gasteiger partial charge < -0.3 is 10.6 Å². The summed E-state index contributed by atoms with van der Waals surface area (Å²) in [4.78, 5) is 12.2. The lowest BCUT2D eigenvalue weighted by Crippen LogP contribution is -2.47. The molecule has 4 heteroatoms. The molecule has 0 saturated carbocycles. The number of carbonyl (C=O) groups excluding carboxylic acids is 1. The molecule has 0 bridgehead atoms. The molecule has 0 aliphatic carbocycles. The Morgan fingerprint density at radius 1 is 1.50 bits per heavy atom. The lowest BCUT2D eigenvalue weighted by atomic mass is 9.74. The number of carbonyl (C=O) groups is 1. The van der Waals surface area contributed by atoms with E-state index in [1.54, 1.807) is 0 Å². The summed E-state index contributed by atoms with van der Waals surface area (Å²) in [6, 6.07) is 0. The van der Waals surface area contributed by atoms with Crippen molar-refractivity contribution >= 4 is 17.5 Å². The minimum Gasteiger partial charge on any atom is -0.351 e. The molecule has 0 aromatic heterocycles. The van der Waals surface area contributed by atoms with Crippen molar-refractivity contribution < 1.29 is 4.79 Å². The molecule has 92 valence electrons. The van der Waals surface area contributed by atoms with E-state index in [-0.39, 0.29) is 11.3 Å². The summed E-state index contributed by atoms with van der Waals surface area (Å²) in [5.41, 5.74) is -0.188. The van der Waals surface area contributed by atoms with Gasteiger partial charge in [0.05, 0.1) is 12.0 Å². The Hall–Kier alpha value is -0.540. The fourth-order valence-corrected chi connectivity index (χ4v) is 2.40. The molecule has 1 rings (SSSR count). The van der Waals surface area contributed by atoms with Crippen molar-refractivity contribution in [3.63, 3.8) is 0 Å². The molecule has 2 N–H and O–H groups in total. The first kappa shape index (κ1) is 13.5. The van der Waals surface area contributed by atoms with Crippen LogP contribution < -0.4 is 10.6 Å². The van der Waals surface area contributed by atoms with Gasteiger partial charge in [-0.3, -0.25) is 4.79 Å². The standard InChI is InChI=1S/C12H21ClN2O/c1-3-4-12(5-7-14-8-6-12)11(16)15-9-10(2)13/h14H,2-9H2,1H3,(H,15,16). The van der Waals surface area contributed by atoms with E-state index in [2.05, 4.69) is 24.1 Å². The molecule has 0 aromatic carbocycles. The van der Waals surface area contributed by atoms with Crippen LogP contribution in [0.15, 0.2) is 11.6 Å². The number of piperidine rings is 1.